The van der Waals surface area contributed by atoms with Crippen LogP contribution in [-0.2, 0) is 0 Å². The molecule has 0 saturated heterocycles. The van der Waals surface area contributed by atoms with Crippen molar-refractivity contribution >= 4 is 21.6 Å². The van der Waals surface area contributed by atoms with Crippen molar-refractivity contribution in [2.45, 2.75) is 13.8 Å². The SMILES string of the molecule is Cc1ccc(-c2noc(-c3cc(N)ccc3C)n2)c(Br)c1. The van der Waals surface area contributed by atoms with E-state index in [2.05, 4.69) is 26.1 Å². The Morgan fingerprint density at radius 1 is 1.05 bits per heavy atom. The summed E-state index contributed by atoms with van der Waals surface area (Å²) in [6, 6.07) is 11.7. The van der Waals surface area contributed by atoms with Gasteiger partial charge in [-0.1, -0.05) is 33.2 Å². The molecule has 0 aliphatic carbocycles. The summed E-state index contributed by atoms with van der Waals surface area (Å²) in [6.07, 6.45) is 0. The Kier molecular flexibility index (Phi) is 3.51. The van der Waals surface area contributed by atoms with Crippen LogP contribution >= 0.6 is 15.9 Å². The standard InChI is InChI=1S/C16H14BrN3O/c1-9-3-6-12(14(17)7-9)15-19-16(21-20-15)13-8-11(18)5-4-10(13)2/h3-8H,18H2,1-2H3. The van der Waals surface area contributed by atoms with Crippen LogP contribution in [0.3, 0.4) is 0 Å². The van der Waals surface area contributed by atoms with Crippen LogP contribution in [0.1, 0.15) is 11.1 Å². The van der Waals surface area contributed by atoms with Crippen LogP contribution in [0.25, 0.3) is 22.8 Å². The van der Waals surface area contributed by atoms with Crippen LogP contribution in [0.4, 0.5) is 5.69 Å². The van der Waals surface area contributed by atoms with Gasteiger partial charge in [0.25, 0.3) is 5.89 Å². The highest BCUT2D eigenvalue weighted by atomic mass is 79.9. The van der Waals surface area contributed by atoms with Gasteiger partial charge in [0.1, 0.15) is 0 Å². The van der Waals surface area contributed by atoms with Gasteiger partial charge >= 0.3 is 0 Å². The maximum absolute atomic E-state index is 5.83. The Balaban J connectivity index is 2.06. The highest BCUT2D eigenvalue weighted by molar-refractivity contribution is 9.10. The minimum absolute atomic E-state index is 0.474. The molecule has 5 heteroatoms. The van der Waals surface area contributed by atoms with Gasteiger partial charge in [0, 0.05) is 21.3 Å². The summed E-state index contributed by atoms with van der Waals surface area (Å²) in [6.45, 7) is 4.02. The number of rotatable bonds is 2. The van der Waals surface area contributed by atoms with Gasteiger partial charge in [-0.3, -0.25) is 0 Å². The minimum Gasteiger partial charge on any atom is -0.399 e. The molecule has 0 unspecified atom stereocenters. The van der Waals surface area contributed by atoms with Gasteiger partial charge in [0.15, 0.2) is 0 Å². The summed E-state index contributed by atoms with van der Waals surface area (Å²) in [5.41, 5.74) is 10.5. The topological polar surface area (TPSA) is 64.9 Å². The second kappa shape index (κ2) is 5.33. The average Bonchev–Trinajstić information content (AvgIpc) is 2.91. The largest absolute Gasteiger partial charge is 0.399 e. The molecule has 1 heterocycles. The number of nitrogens with zero attached hydrogens (tertiary/aromatic N) is 2. The monoisotopic (exact) mass is 343 g/mol. The Morgan fingerprint density at radius 3 is 2.62 bits per heavy atom. The molecule has 0 amide bonds. The van der Waals surface area contributed by atoms with Gasteiger partial charge < -0.3 is 10.3 Å². The van der Waals surface area contributed by atoms with Gasteiger partial charge in [-0.05, 0) is 49.2 Å². The highest BCUT2D eigenvalue weighted by Gasteiger charge is 2.14. The van der Waals surface area contributed by atoms with Crippen LogP contribution in [0.2, 0.25) is 0 Å². The van der Waals surface area contributed by atoms with Crippen LogP contribution in [0, 0.1) is 13.8 Å². The Hall–Kier alpha value is -2.14. The summed E-state index contributed by atoms with van der Waals surface area (Å²) in [4.78, 5) is 4.48. The van der Waals surface area contributed by atoms with Crippen LogP contribution < -0.4 is 5.73 Å². The molecule has 3 rings (SSSR count). The molecular formula is C16H14BrN3O. The maximum atomic E-state index is 5.83. The van der Waals surface area contributed by atoms with E-state index in [-0.39, 0.29) is 0 Å². The van der Waals surface area contributed by atoms with E-state index in [9.17, 15) is 0 Å². The third-order valence-electron chi connectivity index (χ3n) is 3.28. The predicted molar refractivity (Wildman–Crippen MR) is 86.8 cm³/mol. The van der Waals surface area contributed by atoms with E-state index in [1.807, 2.05) is 50.2 Å². The van der Waals surface area contributed by atoms with Crippen LogP contribution in [0.5, 0.6) is 0 Å². The van der Waals surface area contributed by atoms with Gasteiger partial charge in [-0.2, -0.15) is 4.98 Å². The first-order valence-corrected chi connectivity index (χ1v) is 7.30. The first-order chi connectivity index (χ1) is 10.0. The normalized spacial score (nSPS) is 10.8. The molecule has 0 atom stereocenters. The molecule has 0 bridgehead atoms. The van der Waals surface area contributed by atoms with E-state index >= 15 is 0 Å². The lowest BCUT2D eigenvalue weighted by molar-refractivity contribution is 0.432. The fourth-order valence-corrected chi connectivity index (χ4v) is 2.78. The Labute approximate surface area is 131 Å². The van der Waals surface area contributed by atoms with Crippen LogP contribution in [0.15, 0.2) is 45.4 Å². The molecule has 0 radical (unpaired) electrons. The second-order valence-corrected chi connectivity index (χ2v) is 5.84. The first kappa shape index (κ1) is 13.8. The molecule has 2 N–H and O–H groups in total. The van der Waals surface area contributed by atoms with Crippen molar-refractivity contribution in [3.63, 3.8) is 0 Å². The molecule has 106 valence electrons. The molecule has 0 aliphatic rings. The highest BCUT2D eigenvalue weighted by Crippen LogP contribution is 2.30. The molecule has 0 aliphatic heterocycles. The number of anilines is 1. The third-order valence-corrected chi connectivity index (χ3v) is 3.94. The fraction of sp³-hybridized carbons (Fsp3) is 0.125. The fourth-order valence-electron chi connectivity index (χ4n) is 2.11. The van der Waals surface area contributed by atoms with Crippen molar-refractivity contribution in [3.05, 3.63) is 52.0 Å². The van der Waals surface area contributed by atoms with Crippen LogP contribution in [-0.4, -0.2) is 10.1 Å². The van der Waals surface area contributed by atoms with Crippen molar-refractivity contribution in [3.8, 4) is 22.8 Å². The number of nitrogen functional groups attached to an aromatic ring is 1. The number of benzene rings is 2. The Bertz CT molecular complexity index is 811. The van der Waals surface area contributed by atoms with Gasteiger partial charge in [-0.15, -0.1) is 0 Å². The molecule has 21 heavy (non-hydrogen) atoms. The molecule has 3 aromatic rings. The number of aryl methyl sites for hydroxylation is 2. The third kappa shape index (κ3) is 2.69. The van der Waals surface area contributed by atoms with E-state index in [1.165, 1.54) is 5.56 Å². The first-order valence-electron chi connectivity index (χ1n) is 6.51. The lowest BCUT2D eigenvalue weighted by Crippen LogP contribution is -1.89. The summed E-state index contributed by atoms with van der Waals surface area (Å²) < 4.78 is 6.33. The van der Waals surface area contributed by atoms with Crippen molar-refractivity contribution in [2.24, 2.45) is 0 Å². The van der Waals surface area contributed by atoms with Gasteiger partial charge in [0.2, 0.25) is 5.82 Å². The summed E-state index contributed by atoms with van der Waals surface area (Å²) in [5.74, 6) is 1.03. The number of hydrogen-bond donors (Lipinski definition) is 1. The van der Waals surface area contributed by atoms with E-state index in [4.69, 9.17) is 10.3 Å². The molecule has 0 fully saturated rings. The van der Waals surface area contributed by atoms with E-state index in [0.717, 1.165) is 21.2 Å². The number of aromatic nitrogens is 2. The van der Waals surface area contributed by atoms with E-state index in [0.29, 0.717) is 17.4 Å². The zero-order valence-corrected chi connectivity index (χ0v) is 13.3. The predicted octanol–water partition coefficient (Wildman–Crippen LogP) is 4.37. The quantitative estimate of drug-likeness (QED) is 0.702. The number of halogens is 1. The van der Waals surface area contributed by atoms with Crippen molar-refractivity contribution in [1.29, 1.82) is 0 Å². The van der Waals surface area contributed by atoms with Crippen molar-refractivity contribution in [1.82, 2.24) is 10.1 Å². The van der Waals surface area contributed by atoms with Crippen molar-refractivity contribution in [2.75, 3.05) is 5.73 Å². The van der Waals surface area contributed by atoms with E-state index in [1.54, 1.807) is 0 Å². The second-order valence-electron chi connectivity index (χ2n) is 4.98. The van der Waals surface area contributed by atoms with E-state index < -0.39 is 0 Å². The van der Waals surface area contributed by atoms with Gasteiger partial charge in [0.05, 0.1) is 0 Å². The molecule has 1 aromatic heterocycles. The average molecular weight is 344 g/mol. The zero-order valence-electron chi connectivity index (χ0n) is 11.7. The molecule has 0 spiro atoms. The molecule has 4 nitrogen and oxygen atoms in total. The van der Waals surface area contributed by atoms with Crippen molar-refractivity contribution < 1.29 is 4.52 Å². The summed E-state index contributed by atoms with van der Waals surface area (Å²) in [7, 11) is 0. The summed E-state index contributed by atoms with van der Waals surface area (Å²) >= 11 is 3.53. The summed E-state index contributed by atoms with van der Waals surface area (Å²) in [5, 5.41) is 4.07. The van der Waals surface area contributed by atoms with Gasteiger partial charge in [-0.25, -0.2) is 0 Å². The minimum atomic E-state index is 0.474. The smallest absolute Gasteiger partial charge is 0.258 e. The molecule has 2 aromatic carbocycles. The molecular weight excluding hydrogens is 330 g/mol. The molecule has 0 saturated carbocycles. The Morgan fingerprint density at radius 2 is 1.86 bits per heavy atom. The number of nitrogens with two attached hydrogens (primary N) is 1. The lowest BCUT2D eigenvalue weighted by Gasteiger charge is -2.01. The maximum Gasteiger partial charge on any atom is 0.258 e. The zero-order chi connectivity index (χ0) is 15.0. The number of hydrogen-bond acceptors (Lipinski definition) is 4. The lowest BCUT2D eigenvalue weighted by atomic mass is 10.1.